The maximum Gasteiger partial charge on any atom is 0.228 e. The molecular weight excluding hydrogens is 306 g/mol. The van der Waals surface area contributed by atoms with Gasteiger partial charge in [0.05, 0.1) is 0 Å². The smallest absolute Gasteiger partial charge is 0.228 e. The van der Waals surface area contributed by atoms with Gasteiger partial charge in [-0.25, -0.2) is 0 Å². The largest absolute Gasteiger partial charge is 0.381 e. The first-order chi connectivity index (χ1) is 11.5. The molecule has 0 unspecified atom stereocenters. The zero-order valence-corrected chi connectivity index (χ0v) is 15.1. The number of carbonyl (C=O) groups excluding carboxylic acids is 1. The van der Waals surface area contributed by atoms with Crippen molar-refractivity contribution >= 4 is 5.91 Å². The first kappa shape index (κ1) is 17.4. The molecule has 1 aromatic rings. The molecule has 2 fully saturated rings. The van der Waals surface area contributed by atoms with E-state index >= 15 is 0 Å². The summed E-state index contributed by atoms with van der Waals surface area (Å²) >= 11 is 0. The third-order valence-electron chi connectivity index (χ3n) is 5.64. The van der Waals surface area contributed by atoms with E-state index in [1.54, 1.807) is 0 Å². The van der Waals surface area contributed by atoms with Crippen molar-refractivity contribution in [3.8, 4) is 0 Å². The maximum absolute atomic E-state index is 13.2. The average molecular weight is 335 g/mol. The van der Waals surface area contributed by atoms with Gasteiger partial charge >= 0.3 is 0 Å². The van der Waals surface area contributed by atoms with Gasteiger partial charge in [-0.15, -0.1) is 0 Å². The fourth-order valence-corrected chi connectivity index (χ4v) is 4.10. The van der Waals surface area contributed by atoms with E-state index in [2.05, 4.69) is 28.9 Å². The minimum atomic E-state index is -0.311. The van der Waals surface area contributed by atoms with Gasteiger partial charge in [0.2, 0.25) is 11.8 Å². The molecule has 2 aliphatic heterocycles. The SMILES string of the molecule is Cc1nc(C[C@H]2CCCN(C(=O)C(C)(C)C3CCOCC3)C2)no1. The summed E-state index contributed by atoms with van der Waals surface area (Å²) in [6.07, 6.45) is 4.93. The number of rotatable bonds is 4. The van der Waals surface area contributed by atoms with E-state index in [0.29, 0.717) is 23.6 Å². The Labute approximate surface area is 143 Å². The molecule has 6 heteroatoms. The summed E-state index contributed by atoms with van der Waals surface area (Å²) in [5.41, 5.74) is -0.311. The first-order valence-electron chi connectivity index (χ1n) is 9.13. The predicted molar refractivity (Wildman–Crippen MR) is 89.4 cm³/mol. The molecule has 0 N–H and O–H groups in total. The average Bonchev–Trinajstić information content (AvgIpc) is 3.00. The number of aryl methyl sites for hydroxylation is 1. The third-order valence-corrected chi connectivity index (χ3v) is 5.64. The van der Waals surface area contributed by atoms with E-state index < -0.39 is 0 Å². The van der Waals surface area contributed by atoms with Crippen LogP contribution in [0.2, 0.25) is 0 Å². The molecule has 3 heterocycles. The van der Waals surface area contributed by atoms with Gasteiger partial charge in [-0.05, 0) is 37.5 Å². The van der Waals surface area contributed by atoms with Crippen LogP contribution in [-0.4, -0.2) is 47.3 Å². The van der Waals surface area contributed by atoms with E-state index in [1.165, 1.54) is 0 Å². The molecule has 0 radical (unpaired) electrons. The zero-order chi connectivity index (χ0) is 17.2. The molecule has 1 atom stereocenters. The van der Waals surface area contributed by atoms with Crippen molar-refractivity contribution in [3.05, 3.63) is 11.7 Å². The molecular formula is C18H29N3O3. The minimum absolute atomic E-state index is 0.295. The summed E-state index contributed by atoms with van der Waals surface area (Å²) in [5.74, 6) is 2.50. The van der Waals surface area contributed by atoms with E-state index in [1.807, 2.05) is 6.92 Å². The molecule has 2 saturated heterocycles. The van der Waals surface area contributed by atoms with Crippen LogP contribution in [0.4, 0.5) is 0 Å². The molecule has 0 aliphatic carbocycles. The molecule has 3 rings (SSSR count). The Kier molecular flexibility index (Phi) is 5.23. The first-order valence-corrected chi connectivity index (χ1v) is 9.13. The highest BCUT2D eigenvalue weighted by Crippen LogP contribution is 2.37. The van der Waals surface area contributed by atoms with Crippen molar-refractivity contribution in [2.45, 2.75) is 52.9 Å². The van der Waals surface area contributed by atoms with Gasteiger partial charge < -0.3 is 14.2 Å². The zero-order valence-electron chi connectivity index (χ0n) is 15.1. The number of aromatic nitrogens is 2. The fraction of sp³-hybridized carbons (Fsp3) is 0.833. The summed E-state index contributed by atoms with van der Waals surface area (Å²) in [7, 11) is 0. The summed E-state index contributed by atoms with van der Waals surface area (Å²) in [6.45, 7) is 9.26. The maximum atomic E-state index is 13.2. The Balaban J connectivity index is 1.61. The molecule has 2 aliphatic rings. The van der Waals surface area contributed by atoms with Crippen molar-refractivity contribution < 1.29 is 14.1 Å². The molecule has 24 heavy (non-hydrogen) atoms. The van der Waals surface area contributed by atoms with E-state index in [-0.39, 0.29) is 5.41 Å². The van der Waals surface area contributed by atoms with Gasteiger partial charge in [0, 0.05) is 45.1 Å². The monoisotopic (exact) mass is 335 g/mol. The van der Waals surface area contributed by atoms with Gasteiger partial charge in [0.1, 0.15) is 0 Å². The van der Waals surface area contributed by atoms with Crippen molar-refractivity contribution in [2.24, 2.45) is 17.3 Å². The number of amides is 1. The number of nitrogens with zero attached hydrogens (tertiary/aromatic N) is 3. The quantitative estimate of drug-likeness (QED) is 0.846. The summed E-state index contributed by atoms with van der Waals surface area (Å²) in [4.78, 5) is 19.5. The second kappa shape index (κ2) is 7.21. The van der Waals surface area contributed by atoms with Gasteiger partial charge in [0.25, 0.3) is 0 Å². The van der Waals surface area contributed by atoms with Crippen LogP contribution < -0.4 is 0 Å². The lowest BCUT2D eigenvalue weighted by atomic mass is 9.73. The Morgan fingerprint density at radius 3 is 2.71 bits per heavy atom. The molecule has 134 valence electrons. The standard InChI is InChI=1S/C18H29N3O3/c1-13-19-16(20-24-13)11-14-5-4-8-21(12-14)17(22)18(2,3)15-6-9-23-10-7-15/h14-15H,4-12H2,1-3H3/t14-/m1/s1. The summed E-state index contributed by atoms with van der Waals surface area (Å²) in [6, 6.07) is 0. The van der Waals surface area contributed by atoms with Crippen molar-refractivity contribution in [2.75, 3.05) is 26.3 Å². The topological polar surface area (TPSA) is 68.5 Å². The Morgan fingerprint density at radius 1 is 1.29 bits per heavy atom. The highest BCUT2D eigenvalue weighted by atomic mass is 16.5. The second-order valence-electron chi connectivity index (χ2n) is 7.80. The second-order valence-corrected chi connectivity index (χ2v) is 7.80. The minimum Gasteiger partial charge on any atom is -0.381 e. The van der Waals surface area contributed by atoms with Gasteiger partial charge in [-0.2, -0.15) is 4.98 Å². The van der Waals surface area contributed by atoms with Crippen LogP contribution in [-0.2, 0) is 16.0 Å². The highest BCUT2D eigenvalue weighted by Gasteiger charge is 2.41. The molecule has 6 nitrogen and oxygen atoms in total. The number of hydrogen-bond donors (Lipinski definition) is 0. The van der Waals surface area contributed by atoms with E-state index in [9.17, 15) is 4.79 Å². The number of piperidine rings is 1. The van der Waals surface area contributed by atoms with Crippen LogP contribution in [0.3, 0.4) is 0 Å². The lowest BCUT2D eigenvalue weighted by molar-refractivity contribution is -0.147. The number of hydrogen-bond acceptors (Lipinski definition) is 5. The summed E-state index contributed by atoms with van der Waals surface area (Å²) < 4.78 is 10.5. The van der Waals surface area contributed by atoms with E-state index in [4.69, 9.17) is 9.26 Å². The van der Waals surface area contributed by atoms with Gasteiger partial charge in [0.15, 0.2) is 5.82 Å². The van der Waals surface area contributed by atoms with Crippen LogP contribution in [0.5, 0.6) is 0 Å². The predicted octanol–water partition coefficient (Wildman–Crippen LogP) is 2.61. The molecule has 0 bridgehead atoms. The molecule has 0 spiro atoms. The Bertz CT molecular complexity index is 564. The molecule has 1 aromatic heterocycles. The van der Waals surface area contributed by atoms with Crippen LogP contribution in [0, 0.1) is 24.2 Å². The highest BCUT2D eigenvalue weighted by molar-refractivity contribution is 5.82. The normalized spacial score (nSPS) is 23.5. The molecule has 0 saturated carbocycles. The van der Waals surface area contributed by atoms with Crippen molar-refractivity contribution in [3.63, 3.8) is 0 Å². The summed E-state index contributed by atoms with van der Waals surface area (Å²) in [5, 5.41) is 4.00. The van der Waals surface area contributed by atoms with Crippen LogP contribution >= 0.6 is 0 Å². The van der Waals surface area contributed by atoms with Crippen molar-refractivity contribution in [1.29, 1.82) is 0 Å². The van der Waals surface area contributed by atoms with Gasteiger partial charge in [-0.1, -0.05) is 19.0 Å². The third kappa shape index (κ3) is 3.79. The molecule has 0 aromatic carbocycles. The number of likely N-dealkylation sites (tertiary alicyclic amines) is 1. The Hall–Kier alpha value is -1.43. The lowest BCUT2D eigenvalue weighted by Crippen LogP contribution is -2.49. The fourth-order valence-electron chi connectivity index (χ4n) is 4.10. The van der Waals surface area contributed by atoms with Crippen molar-refractivity contribution in [1.82, 2.24) is 15.0 Å². The lowest BCUT2D eigenvalue weighted by Gasteiger charge is -2.42. The van der Waals surface area contributed by atoms with E-state index in [0.717, 1.165) is 64.2 Å². The van der Waals surface area contributed by atoms with Crippen LogP contribution in [0.25, 0.3) is 0 Å². The number of carbonyl (C=O) groups is 1. The van der Waals surface area contributed by atoms with Gasteiger partial charge in [-0.3, -0.25) is 4.79 Å². The van der Waals surface area contributed by atoms with Crippen LogP contribution in [0.1, 0.15) is 51.2 Å². The Morgan fingerprint density at radius 2 is 2.04 bits per heavy atom. The number of ether oxygens (including phenoxy) is 1. The molecule has 1 amide bonds. The van der Waals surface area contributed by atoms with Crippen LogP contribution in [0.15, 0.2) is 4.52 Å².